The zero-order chi connectivity index (χ0) is 19.0. The molecule has 1 aromatic heterocycles. The molecule has 1 aliphatic rings. The quantitative estimate of drug-likeness (QED) is 0.648. The Morgan fingerprint density at radius 3 is 2.70 bits per heavy atom. The van der Waals surface area contributed by atoms with E-state index in [4.69, 9.17) is 23.8 Å². The average molecular weight is 400 g/mol. The molecule has 0 spiro atoms. The highest BCUT2D eigenvalue weighted by molar-refractivity contribution is 7.80. The molecule has 1 aliphatic heterocycles. The van der Waals surface area contributed by atoms with Crippen molar-refractivity contribution in [1.29, 1.82) is 0 Å². The Labute approximate surface area is 167 Å². The first-order valence-corrected chi connectivity index (χ1v) is 9.44. The van der Waals surface area contributed by atoms with Crippen LogP contribution in [-0.4, -0.2) is 32.2 Å². The lowest BCUT2D eigenvalue weighted by atomic mass is 10.0. The summed E-state index contributed by atoms with van der Waals surface area (Å²) in [5.41, 5.74) is 3.96. The Balaban J connectivity index is 1.64. The van der Waals surface area contributed by atoms with E-state index < -0.39 is 5.97 Å². The Hall–Kier alpha value is -2.57. The van der Waals surface area contributed by atoms with Crippen LogP contribution in [0.3, 0.4) is 0 Å². The van der Waals surface area contributed by atoms with Crippen LogP contribution in [0, 0.1) is 0 Å². The van der Waals surface area contributed by atoms with Gasteiger partial charge in [0.1, 0.15) is 6.54 Å². The molecule has 4 rings (SSSR count). The topological polar surface area (TPSA) is 57.5 Å². The van der Waals surface area contributed by atoms with Gasteiger partial charge in [-0.15, -0.1) is 0 Å². The molecule has 2 heterocycles. The van der Waals surface area contributed by atoms with Gasteiger partial charge in [0.25, 0.3) is 0 Å². The minimum atomic E-state index is -0.836. The molecule has 0 radical (unpaired) electrons. The zero-order valence-corrected chi connectivity index (χ0v) is 16.1. The summed E-state index contributed by atoms with van der Waals surface area (Å²) in [6, 6.07) is 15.4. The molecule has 0 bridgehead atoms. The molecule has 5 nitrogen and oxygen atoms in total. The van der Waals surface area contributed by atoms with Crippen molar-refractivity contribution in [3.8, 4) is 0 Å². The molecule has 138 valence electrons. The van der Waals surface area contributed by atoms with E-state index in [9.17, 15) is 9.90 Å². The fraction of sp³-hybridized carbons (Fsp3) is 0.200. The van der Waals surface area contributed by atoms with Gasteiger partial charge >= 0.3 is 5.97 Å². The molecule has 7 heteroatoms. The number of thiocarbonyl (C=S) groups is 1. The lowest BCUT2D eigenvalue weighted by Crippen LogP contribution is -2.39. The fourth-order valence-electron chi connectivity index (χ4n) is 3.65. The first-order chi connectivity index (χ1) is 13.0. The predicted octanol–water partition coefficient (Wildman–Crippen LogP) is 4.13. The summed E-state index contributed by atoms with van der Waals surface area (Å²) < 4.78 is 1.91. The number of nitrogens with one attached hydrogen (secondary N) is 1. The van der Waals surface area contributed by atoms with E-state index in [1.165, 1.54) is 0 Å². The highest BCUT2D eigenvalue weighted by atomic mass is 35.5. The number of rotatable bonds is 3. The SMILES string of the molecule is O=C(O)Cn1c2c(c3ccccc31)CN(C(=S)Nc1ccccc1Cl)CC2. The lowest BCUT2D eigenvalue weighted by Gasteiger charge is -2.30. The molecule has 0 saturated carbocycles. The average Bonchev–Trinajstić information content (AvgIpc) is 2.97. The Kier molecular flexibility index (Phi) is 4.76. The molecule has 0 aliphatic carbocycles. The summed E-state index contributed by atoms with van der Waals surface area (Å²) >= 11 is 11.8. The van der Waals surface area contributed by atoms with E-state index in [-0.39, 0.29) is 6.54 Å². The van der Waals surface area contributed by atoms with Crippen molar-refractivity contribution in [1.82, 2.24) is 9.47 Å². The highest BCUT2D eigenvalue weighted by Gasteiger charge is 2.26. The summed E-state index contributed by atoms with van der Waals surface area (Å²) in [6.07, 6.45) is 0.738. The van der Waals surface area contributed by atoms with E-state index in [1.54, 1.807) is 0 Å². The maximum Gasteiger partial charge on any atom is 0.323 e. The van der Waals surface area contributed by atoms with Crippen LogP contribution in [-0.2, 0) is 24.3 Å². The van der Waals surface area contributed by atoms with Crippen LogP contribution >= 0.6 is 23.8 Å². The fourth-order valence-corrected chi connectivity index (χ4v) is 4.10. The summed E-state index contributed by atoms with van der Waals surface area (Å²) in [7, 11) is 0. The third-order valence-electron chi connectivity index (χ3n) is 4.86. The Morgan fingerprint density at radius 1 is 1.19 bits per heavy atom. The first-order valence-electron chi connectivity index (χ1n) is 8.66. The minimum absolute atomic E-state index is 0.0296. The number of hydrogen-bond acceptors (Lipinski definition) is 2. The molecule has 0 saturated heterocycles. The summed E-state index contributed by atoms with van der Waals surface area (Å²) in [4.78, 5) is 13.4. The van der Waals surface area contributed by atoms with Gasteiger partial charge in [-0.05, 0) is 30.4 Å². The van der Waals surface area contributed by atoms with Gasteiger partial charge in [0.15, 0.2) is 5.11 Å². The molecular formula is C20H18ClN3O2S. The van der Waals surface area contributed by atoms with Crippen LogP contribution in [0.25, 0.3) is 10.9 Å². The van der Waals surface area contributed by atoms with Gasteiger partial charge in [-0.25, -0.2) is 0 Å². The second-order valence-corrected chi connectivity index (χ2v) is 7.30. The zero-order valence-electron chi connectivity index (χ0n) is 14.5. The molecule has 3 aromatic rings. The maximum absolute atomic E-state index is 11.3. The second kappa shape index (κ2) is 7.21. The first kappa shape index (κ1) is 17.8. The largest absolute Gasteiger partial charge is 0.480 e. The molecule has 27 heavy (non-hydrogen) atoms. The molecule has 0 amide bonds. The number of benzene rings is 2. The molecule has 2 N–H and O–H groups in total. The van der Waals surface area contributed by atoms with E-state index in [0.29, 0.717) is 16.7 Å². The summed E-state index contributed by atoms with van der Waals surface area (Å²) in [6.45, 7) is 1.33. The van der Waals surface area contributed by atoms with Crippen molar-refractivity contribution in [3.05, 3.63) is 64.8 Å². The molecule has 0 atom stereocenters. The van der Waals surface area contributed by atoms with Gasteiger partial charge < -0.3 is 19.9 Å². The van der Waals surface area contributed by atoms with Crippen molar-refractivity contribution >= 4 is 51.5 Å². The van der Waals surface area contributed by atoms with Crippen molar-refractivity contribution < 1.29 is 9.90 Å². The summed E-state index contributed by atoms with van der Waals surface area (Å²) in [5, 5.41) is 14.8. The Morgan fingerprint density at radius 2 is 1.93 bits per heavy atom. The number of aromatic nitrogens is 1. The Bertz CT molecular complexity index is 1050. The number of halogens is 1. The van der Waals surface area contributed by atoms with Crippen LogP contribution in [0.5, 0.6) is 0 Å². The number of carbonyl (C=O) groups is 1. The number of aliphatic carboxylic acids is 1. The van der Waals surface area contributed by atoms with Gasteiger partial charge in [-0.3, -0.25) is 4.79 Å². The highest BCUT2D eigenvalue weighted by Crippen LogP contribution is 2.31. The second-order valence-electron chi connectivity index (χ2n) is 6.50. The van der Waals surface area contributed by atoms with Crippen molar-refractivity contribution in [3.63, 3.8) is 0 Å². The monoisotopic (exact) mass is 399 g/mol. The normalized spacial score (nSPS) is 13.4. The van der Waals surface area contributed by atoms with Crippen LogP contribution < -0.4 is 5.32 Å². The van der Waals surface area contributed by atoms with Gasteiger partial charge in [0, 0.05) is 41.7 Å². The van der Waals surface area contributed by atoms with Crippen LogP contribution in [0.1, 0.15) is 11.3 Å². The maximum atomic E-state index is 11.3. The summed E-state index contributed by atoms with van der Waals surface area (Å²) in [5.74, 6) is -0.836. The van der Waals surface area contributed by atoms with E-state index >= 15 is 0 Å². The lowest BCUT2D eigenvalue weighted by molar-refractivity contribution is -0.137. The minimum Gasteiger partial charge on any atom is -0.480 e. The molecule has 2 aromatic carbocycles. The number of para-hydroxylation sites is 2. The predicted molar refractivity (Wildman–Crippen MR) is 111 cm³/mol. The number of fused-ring (bicyclic) bond motifs is 3. The molecule has 0 fully saturated rings. The molecular weight excluding hydrogens is 382 g/mol. The van der Waals surface area contributed by atoms with E-state index in [0.717, 1.165) is 40.8 Å². The third-order valence-corrected chi connectivity index (χ3v) is 5.55. The van der Waals surface area contributed by atoms with Crippen LogP contribution in [0.4, 0.5) is 5.69 Å². The third kappa shape index (κ3) is 3.38. The van der Waals surface area contributed by atoms with E-state index in [2.05, 4.69) is 10.2 Å². The number of carboxylic acid groups (broad SMARTS) is 1. The van der Waals surface area contributed by atoms with Gasteiger partial charge in [0.2, 0.25) is 0 Å². The number of anilines is 1. The number of carboxylic acids is 1. The molecule has 0 unspecified atom stereocenters. The van der Waals surface area contributed by atoms with Crippen molar-refractivity contribution in [2.75, 3.05) is 11.9 Å². The van der Waals surface area contributed by atoms with Crippen LogP contribution in [0.2, 0.25) is 5.02 Å². The van der Waals surface area contributed by atoms with Gasteiger partial charge in [-0.1, -0.05) is 41.9 Å². The van der Waals surface area contributed by atoms with Gasteiger partial charge in [-0.2, -0.15) is 0 Å². The van der Waals surface area contributed by atoms with Crippen LogP contribution in [0.15, 0.2) is 48.5 Å². The standard InChI is InChI=1S/C20H18ClN3O2S/c21-15-6-2-3-7-16(15)22-20(27)23-10-9-18-14(11-23)13-5-1-4-8-17(13)24(18)12-19(25)26/h1-8H,9-12H2,(H,22,27)(H,25,26). The van der Waals surface area contributed by atoms with Gasteiger partial charge in [0.05, 0.1) is 10.7 Å². The van der Waals surface area contributed by atoms with E-state index in [1.807, 2.05) is 53.1 Å². The van der Waals surface area contributed by atoms with Crippen molar-refractivity contribution in [2.45, 2.75) is 19.5 Å². The number of hydrogen-bond donors (Lipinski definition) is 2. The smallest absolute Gasteiger partial charge is 0.323 e. The van der Waals surface area contributed by atoms with Crippen molar-refractivity contribution in [2.24, 2.45) is 0 Å². The number of nitrogens with zero attached hydrogens (tertiary/aromatic N) is 2.